The number of fused-ring (bicyclic) bond motifs is 2. The summed E-state index contributed by atoms with van der Waals surface area (Å²) in [6.45, 7) is 6.87. The van der Waals surface area contributed by atoms with Gasteiger partial charge in [-0.05, 0) is 44.0 Å². The fourth-order valence-electron chi connectivity index (χ4n) is 3.21. The molecule has 0 aliphatic carbocycles. The van der Waals surface area contributed by atoms with E-state index >= 15 is 0 Å². The number of ether oxygens (including phenoxy) is 3. The highest BCUT2D eigenvalue weighted by molar-refractivity contribution is 7.16. The van der Waals surface area contributed by atoms with Crippen LogP contribution in [0, 0.1) is 13.8 Å². The highest BCUT2D eigenvalue weighted by atomic mass is 32.1. The normalized spacial score (nSPS) is 13.5. The van der Waals surface area contributed by atoms with Gasteiger partial charge in [-0.3, -0.25) is 9.59 Å². The molecule has 1 aliphatic heterocycles. The second kappa shape index (κ2) is 8.31. The molecular weight excluding hydrogens is 404 g/mol. The van der Waals surface area contributed by atoms with Gasteiger partial charge in [0.05, 0.1) is 16.8 Å². The van der Waals surface area contributed by atoms with Crippen molar-refractivity contribution in [2.45, 2.75) is 27.3 Å². The molecule has 0 saturated heterocycles. The third-order valence-corrected chi connectivity index (χ3v) is 5.93. The molecule has 2 heterocycles. The van der Waals surface area contributed by atoms with E-state index in [9.17, 15) is 9.59 Å². The second-order valence-electron chi connectivity index (χ2n) is 6.96. The number of hydrogen-bond acceptors (Lipinski definition) is 6. The minimum absolute atomic E-state index is 0.0491. The molecule has 0 spiro atoms. The van der Waals surface area contributed by atoms with Crippen LogP contribution >= 0.6 is 11.3 Å². The van der Waals surface area contributed by atoms with Crippen LogP contribution in [-0.4, -0.2) is 36.3 Å². The largest absolute Gasteiger partial charge is 0.486 e. The highest BCUT2D eigenvalue weighted by Gasteiger charge is 2.18. The quantitative estimate of drug-likeness (QED) is 0.598. The third-order valence-electron chi connectivity index (χ3n) is 4.89. The van der Waals surface area contributed by atoms with Gasteiger partial charge >= 0.3 is 5.97 Å². The van der Waals surface area contributed by atoms with E-state index in [0.717, 1.165) is 21.3 Å². The number of amides is 1. The molecule has 0 radical (unpaired) electrons. The molecule has 1 aliphatic rings. The van der Waals surface area contributed by atoms with Gasteiger partial charge in [0.25, 0.3) is 5.91 Å². The molecule has 0 N–H and O–H groups in total. The van der Waals surface area contributed by atoms with Crippen LogP contribution in [0.2, 0.25) is 0 Å². The second-order valence-corrected chi connectivity index (χ2v) is 7.96. The summed E-state index contributed by atoms with van der Waals surface area (Å²) in [7, 11) is 0. The van der Waals surface area contributed by atoms with E-state index < -0.39 is 5.97 Å². The van der Waals surface area contributed by atoms with Gasteiger partial charge in [-0.15, -0.1) is 0 Å². The van der Waals surface area contributed by atoms with Gasteiger partial charge in [0, 0.05) is 17.7 Å². The minimum Gasteiger partial charge on any atom is -0.486 e. The van der Waals surface area contributed by atoms with Gasteiger partial charge in [-0.1, -0.05) is 17.4 Å². The van der Waals surface area contributed by atoms with E-state index in [4.69, 9.17) is 14.2 Å². The molecule has 8 heteroatoms. The van der Waals surface area contributed by atoms with Crippen LogP contribution in [0.1, 0.15) is 28.4 Å². The zero-order valence-corrected chi connectivity index (χ0v) is 17.9. The summed E-state index contributed by atoms with van der Waals surface area (Å²) in [5.41, 5.74) is 3.37. The first-order valence-corrected chi connectivity index (χ1v) is 10.5. The van der Waals surface area contributed by atoms with Gasteiger partial charge in [0.2, 0.25) is 0 Å². The van der Waals surface area contributed by atoms with Crippen molar-refractivity contribution in [3.05, 3.63) is 51.8 Å². The Bertz CT molecular complexity index is 1210. The van der Waals surface area contributed by atoms with E-state index in [0.29, 0.717) is 35.1 Å². The maximum absolute atomic E-state index is 12.8. The summed E-state index contributed by atoms with van der Waals surface area (Å²) in [6.07, 6.45) is 0. The van der Waals surface area contributed by atoms with E-state index in [1.807, 2.05) is 38.1 Å². The number of nitrogens with zero attached hydrogens (tertiary/aromatic N) is 2. The highest BCUT2D eigenvalue weighted by Crippen LogP contribution is 2.35. The smallest absolute Gasteiger partial charge is 0.326 e. The SMILES string of the molecule is CCOC(=O)Cn1c(=NC(=O)c2ccc(C)c(C)c2)sc2cc3c(cc21)OCCO3. The fourth-order valence-corrected chi connectivity index (χ4v) is 4.24. The van der Waals surface area contributed by atoms with Crippen LogP contribution in [0.4, 0.5) is 0 Å². The van der Waals surface area contributed by atoms with Crippen molar-refractivity contribution in [1.82, 2.24) is 4.57 Å². The molecule has 1 aromatic heterocycles. The van der Waals surface area contributed by atoms with Crippen molar-refractivity contribution in [2.75, 3.05) is 19.8 Å². The summed E-state index contributed by atoms with van der Waals surface area (Å²) < 4.78 is 19.0. The van der Waals surface area contributed by atoms with Crippen molar-refractivity contribution >= 4 is 33.4 Å². The van der Waals surface area contributed by atoms with Gasteiger partial charge in [-0.2, -0.15) is 4.99 Å². The third kappa shape index (κ3) is 3.95. The molecule has 0 atom stereocenters. The van der Waals surface area contributed by atoms with Crippen molar-refractivity contribution in [1.29, 1.82) is 0 Å². The molecule has 30 heavy (non-hydrogen) atoms. The Morgan fingerprint density at radius 2 is 1.83 bits per heavy atom. The first-order valence-electron chi connectivity index (χ1n) is 9.71. The number of thiazole rings is 1. The van der Waals surface area contributed by atoms with Crippen LogP contribution < -0.4 is 14.3 Å². The van der Waals surface area contributed by atoms with E-state index in [2.05, 4.69) is 4.99 Å². The maximum atomic E-state index is 12.8. The Kier molecular flexibility index (Phi) is 5.59. The van der Waals surface area contributed by atoms with Crippen molar-refractivity contribution in [3.8, 4) is 11.5 Å². The van der Waals surface area contributed by atoms with Crippen LogP contribution in [-0.2, 0) is 16.1 Å². The Balaban J connectivity index is 1.84. The van der Waals surface area contributed by atoms with Crippen molar-refractivity contribution in [3.63, 3.8) is 0 Å². The van der Waals surface area contributed by atoms with E-state index in [1.54, 1.807) is 17.6 Å². The minimum atomic E-state index is -0.396. The molecule has 3 aromatic rings. The standard InChI is InChI=1S/C22H22N2O5S/c1-4-27-20(25)12-24-16-10-17-18(29-8-7-28-17)11-19(16)30-22(24)23-21(26)15-6-5-13(2)14(3)9-15/h5-6,9-11H,4,7-8,12H2,1-3H3. The van der Waals surface area contributed by atoms with Gasteiger partial charge in [0.1, 0.15) is 19.8 Å². The Morgan fingerprint density at radius 3 is 2.53 bits per heavy atom. The molecule has 0 unspecified atom stereocenters. The van der Waals surface area contributed by atoms with Gasteiger partial charge < -0.3 is 18.8 Å². The zero-order valence-electron chi connectivity index (χ0n) is 17.1. The lowest BCUT2D eigenvalue weighted by Gasteiger charge is -2.18. The van der Waals surface area contributed by atoms with Crippen LogP contribution in [0.3, 0.4) is 0 Å². The number of aromatic nitrogens is 1. The molecule has 2 aromatic carbocycles. The Morgan fingerprint density at radius 1 is 1.10 bits per heavy atom. The Labute approximate surface area is 177 Å². The van der Waals surface area contributed by atoms with Crippen molar-refractivity contribution in [2.24, 2.45) is 4.99 Å². The molecule has 4 rings (SSSR count). The summed E-state index contributed by atoms with van der Waals surface area (Å²) in [5.74, 6) is 0.494. The first-order chi connectivity index (χ1) is 14.5. The van der Waals surface area contributed by atoms with E-state index in [1.165, 1.54) is 11.3 Å². The lowest BCUT2D eigenvalue weighted by molar-refractivity contribution is -0.143. The van der Waals surface area contributed by atoms with Crippen molar-refractivity contribution < 1.29 is 23.8 Å². The lowest BCUT2D eigenvalue weighted by atomic mass is 10.1. The molecule has 0 bridgehead atoms. The number of carbonyl (C=O) groups is 2. The predicted molar refractivity (Wildman–Crippen MR) is 113 cm³/mol. The average molecular weight is 426 g/mol. The molecule has 0 saturated carbocycles. The van der Waals surface area contributed by atoms with Gasteiger partial charge in [-0.25, -0.2) is 0 Å². The molecule has 1 amide bonds. The molecule has 7 nitrogen and oxygen atoms in total. The maximum Gasteiger partial charge on any atom is 0.326 e. The number of hydrogen-bond donors (Lipinski definition) is 0. The van der Waals surface area contributed by atoms with Crippen LogP contribution in [0.25, 0.3) is 10.2 Å². The zero-order chi connectivity index (χ0) is 21.3. The van der Waals surface area contributed by atoms with Crippen LogP contribution in [0.15, 0.2) is 35.3 Å². The van der Waals surface area contributed by atoms with Crippen LogP contribution in [0.5, 0.6) is 11.5 Å². The average Bonchev–Trinajstić information content (AvgIpc) is 3.04. The van der Waals surface area contributed by atoms with Gasteiger partial charge in [0.15, 0.2) is 16.3 Å². The summed E-state index contributed by atoms with van der Waals surface area (Å²) in [4.78, 5) is 29.8. The molecule has 0 fully saturated rings. The monoisotopic (exact) mass is 426 g/mol. The number of esters is 1. The van der Waals surface area contributed by atoms with E-state index in [-0.39, 0.29) is 19.1 Å². The fraction of sp³-hybridized carbons (Fsp3) is 0.318. The topological polar surface area (TPSA) is 79.1 Å². The number of rotatable bonds is 4. The predicted octanol–water partition coefficient (Wildman–Crippen LogP) is 3.40. The number of benzene rings is 2. The summed E-state index contributed by atoms with van der Waals surface area (Å²) >= 11 is 1.32. The molecular formula is C22H22N2O5S. The lowest BCUT2D eigenvalue weighted by Crippen LogP contribution is -2.23. The summed E-state index contributed by atoms with van der Waals surface area (Å²) in [5, 5.41) is 0. The Hall–Kier alpha value is -3.13. The first kappa shape index (κ1) is 20.2. The molecule has 156 valence electrons. The summed E-state index contributed by atoms with van der Waals surface area (Å²) in [6, 6.07) is 9.16. The number of aryl methyl sites for hydroxylation is 2. The number of carbonyl (C=O) groups excluding carboxylic acids is 2.